The highest BCUT2D eigenvalue weighted by molar-refractivity contribution is 7.89. The Bertz CT molecular complexity index is 503. The third-order valence-electron chi connectivity index (χ3n) is 2.57. The Morgan fingerprint density at radius 1 is 1.18 bits per heavy atom. The molecule has 0 rings (SSSR count). The van der Waals surface area contributed by atoms with Crippen molar-refractivity contribution in [3.63, 3.8) is 0 Å². The fourth-order valence-corrected chi connectivity index (χ4v) is 2.36. The van der Waals surface area contributed by atoms with Gasteiger partial charge < -0.3 is 15.3 Å². The molecule has 0 saturated carbocycles. The van der Waals surface area contributed by atoms with Crippen LogP contribution >= 0.6 is 0 Å². The smallest absolute Gasteiger partial charge is 0.305 e. The number of rotatable bonds is 10. The number of carboxylic acids is 1. The number of sulfonamides is 1. The average molecular weight is 337 g/mol. The minimum Gasteiger partial charge on any atom is -0.481 e. The number of carbonyl (C=O) groups excluding carboxylic acids is 2. The molecule has 10 heteroatoms. The maximum Gasteiger partial charge on any atom is 0.305 e. The van der Waals surface area contributed by atoms with Crippen LogP contribution in [-0.4, -0.2) is 68.1 Å². The lowest BCUT2D eigenvalue weighted by atomic mass is 10.3. The first-order valence-electron chi connectivity index (χ1n) is 6.76. The van der Waals surface area contributed by atoms with E-state index in [1.165, 1.54) is 7.05 Å². The molecule has 0 unspecified atom stereocenters. The molecular formula is C12H23N3O6S. The van der Waals surface area contributed by atoms with Crippen molar-refractivity contribution in [1.29, 1.82) is 0 Å². The van der Waals surface area contributed by atoms with Crippen molar-refractivity contribution in [1.82, 2.24) is 14.9 Å². The van der Waals surface area contributed by atoms with Gasteiger partial charge in [-0.2, -0.15) is 0 Å². The van der Waals surface area contributed by atoms with Gasteiger partial charge in [-0.15, -0.1) is 0 Å². The molecule has 128 valence electrons. The van der Waals surface area contributed by atoms with Crippen LogP contribution in [0, 0.1) is 0 Å². The highest BCUT2D eigenvalue weighted by atomic mass is 32.2. The number of nitrogens with zero attached hydrogens (tertiary/aromatic N) is 1. The summed E-state index contributed by atoms with van der Waals surface area (Å²) in [6, 6.07) is -0.0959. The summed E-state index contributed by atoms with van der Waals surface area (Å²) < 4.78 is 25.4. The Morgan fingerprint density at radius 3 is 2.27 bits per heavy atom. The van der Waals surface area contributed by atoms with Crippen molar-refractivity contribution in [2.45, 2.75) is 32.7 Å². The van der Waals surface area contributed by atoms with Gasteiger partial charge in [0, 0.05) is 26.1 Å². The first-order chi connectivity index (χ1) is 10.0. The molecule has 0 bridgehead atoms. The minimum atomic E-state index is -3.75. The van der Waals surface area contributed by atoms with E-state index in [0.717, 1.165) is 4.90 Å². The summed E-state index contributed by atoms with van der Waals surface area (Å²) in [4.78, 5) is 34.5. The van der Waals surface area contributed by atoms with Crippen LogP contribution in [0.2, 0.25) is 0 Å². The Labute approximate surface area is 130 Å². The fraction of sp³-hybridized carbons (Fsp3) is 0.750. The van der Waals surface area contributed by atoms with Crippen molar-refractivity contribution >= 4 is 27.8 Å². The summed E-state index contributed by atoms with van der Waals surface area (Å²) in [5.41, 5.74) is 0. The average Bonchev–Trinajstić information content (AvgIpc) is 2.39. The Morgan fingerprint density at radius 2 is 1.77 bits per heavy atom. The zero-order valence-corrected chi connectivity index (χ0v) is 13.8. The molecule has 0 aliphatic carbocycles. The van der Waals surface area contributed by atoms with Gasteiger partial charge in [-0.05, 0) is 13.8 Å². The molecule has 3 N–H and O–H groups in total. The topological polar surface area (TPSA) is 133 Å². The molecule has 22 heavy (non-hydrogen) atoms. The van der Waals surface area contributed by atoms with Gasteiger partial charge in [0.25, 0.3) is 0 Å². The number of aliphatic carboxylic acids is 1. The largest absolute Gasteiger partial charge is 0.481 e. The number of carboxylic acid groups (broad SMARTS) is 1. The van der Waals surface area contributed by atoms with Crippen LogP contribution in [-0.2, 0) is 24.4 Å². The zero-order valence-electron chi connectivity index (χ0n) is 13.0. The van der Waals surface area contributed by atoms with Gasteiger partial charge in [0.2, 0.25) is 21.8 Å². The van der Waals surface area contributed by atoms with E-state index in [9.17, 15) is 22.8 Å². The van der Waals surface area contributed by atoms with Crippen molar-refractivity contribution in [3.8, 4) is 0 Å². The number of nitrogens with one attached hydrogen (secondary N) is 2. The molecule has 0 heterocycles. The Hall–Kier alpha value is -1.68. The Kier molecular flexibility index (Phi) is 8.65. The lowest BCUT2D eigenvalue weighted by molar-refractivity contribution is -0.138. The summed E-state index contributed by atoms with van der Waals surface area (Å²) >= 11 is 0. The first-order valence-corrected chi connectivity index (χ1v) is 8.41. The standard InChI is InChI=1S/C12H23N3O6S/c1-9(2)14-10(16)8-13-22(20,21)7-5-11(17)15(3)6-4-12(18)19/h9,13H,4-8H2,1-3H3,(H,14,16)(H,18,19). The van der Waals surface area contributed by atoms with Crippen molar-refractivity contribution in [2.75, 3.05) is 25.9 Å². The molecule has 0 aromatic rings. The van der Waals surface area contributed by atoms with Crippen molar-refractivity contribution in [3.05, 3.63) is 0 Å². The molecule has 9 nitrogen and oxygen atoms in total. The van der Waals surface area contributed by atoms with Gasteiger partial charge in [-0.3, -0.25) is 14.4 Å². The molecule has 0 spiro atoms. The SMILES string of the molecule is CC(C)NC(=O)CNS(=O)(=O)CCC(=O)N(C)CCC(=O)O. The molecular weight excluding hydrogens is 314 g/mol. The summed E-state index contributed by atoms with van der Waals surface area (Å²) in [6.07, 6.45) is -0.486. The molecule has 0 atom stereocenters. The van der Waals surface area contributed by atoms with E-state index in [0.29, 0.717) is 0 Å². The van der Waals surface area contributed by atoms with Gasteiger partial charge in [0.15, 0.2) is 0 Å². The summed E-state index contributed by atoms with van der Waals surface area (Å²) in [6.45, 7) is 3.12. The quantitative estimate of drug-likeness (QED) is 0.456. The molecule has 0 aromatic carbocycles. The minimum absolute atomic E-state index is 0.0123. The second-order valence-corrected chi connectivity index (χ2v) is 7.00. The number of hydrogen-bond donors (Lipinski definition) is 3. The van der Waals surface area contributed by atoms with Gasteiger partial charge >= 0.3 is 5.97 Å². The lowest BCUT2D eigenvalue weighted by Crippen LogP contribution is -2.41. The highest BCUT2D eigenvalue weighted by Gasteiger charge is 2.17. The first kappa shape index (κ1) is 20.3. The van der Waals surface area contributed by atoms with Crippen LogP contribution in [0.3, 0.4) is 0 Å². The highest BCUT2D eigenvalue weighted by Crippen LogP contribution is 1.97. The summed E-state index contributed by atoms with van der Waals surface area (Å²) in [7, 11) is -2.34. The van der Waals surface area contributed by atoms with Crippen LogP contribution < -0.4 is 10.0 Å². The van der Waals surface area contributed by atoms with E-state index >= 15 is 0 Å². The predicted octanol–water partition coefficient (Wildman–Crippen LogP) is -1.25. The zero-order chi connectivity index (χ0) is 17.3. The van der Waals surface area contributed by atoms with Gasteiger partial charge in [0.05, 0.1) is 18.7 Å². The fourth-order valence-electron chi connectivity index (χ4n) is 1.42. The van der Waals surface area contributed by atoms with E-state index in [2.05, 4.69) is 10.0 Å². The maximum absolute atomic E-state index is 11.7. The van der Waals surface area contributed by atoms with Crippen LogP contribution in [0.25, 0.3) is 0 Å². The molecule has 0 radical (unpaired) electrons. The molecule has 0 aliphatic rings. The molecule has 0 fully saturated rings. The number of hydrogen-bond acceptors (Lipinski definition) is 5. The van der Waals surface area contributed by atoms with Gasteiger partial charge in [-0.25, -0.2) is 13.1 Å². The van der Waals surface area contributed by atoms with E-state index in [4.69, 9.17) is 5.11 Å². The normalized spacial score (nSPS) is 11.3. The summed E-state index contributed by atoms with van der Waals surface area (Å²) in [5.74, 6) is -2.43. The van der Waals surface area contributed by atoms with Gasteiger partial charge in [-0.1, -0.05) is 0 Å². The third kappa shape index (κ3) is 10.1. The number of carbonyl (C=O) groups is 3. The van der Waals surface area contributed by atoms with Crippen LogP contribution in [0.1, 0.15) is 26.7 Å². The number of amides is 2. The second kappa shape index (κ2) is 9.36. The third-order valence-corrected chi connectivity index (χ3v) is 3.90. The van der Waals surface area contributed by atoms with Crippen LogP contribution in [0.15, 0.2) is 0 Å². The monoisotopic (exact) mass is 337 g/mol. The Balaban J connectivity index is 4.18. The van der Waals surface area contributed by atoms with Crippen molar-refractivity contribution < 1.29 is 27.9 Å². The molecule has 0 aromatic heterocycles. The summed E-state index contributed by atoms with van der Waals surface area (Å²) in [5, 5.41) is 11.0. The lowest BCUT2D eigenvalue weighted by Gasteiger charge is -2.16. The van der Waals surface area contributed by atoms with Crippen LogP contribution in [0.4, 0.5) is 0 Å². The van der Waals surface area contributed by atoms with Crippen LogP contribution in [0.5, 0.6) is 0 Å². The molecule has 0 saturated heterocycles. The van der Waals surface area contributed by atoms with Gasteiger partial charge in [0.1, 0.15) is 0 Å². The van der Waals surface area contributed by atoms with Crippen molar-refractivity contribution in [2.24, 2.45) is 0 Å². The maximum atomic E-state index is 11.7. The van der Waals surface area contributed by atoms with E-state index in [1.54, 1.807) is 13.8 Å². The van der Waals surface area contributed by atoms with E-state index in [-0.39, 0.29) is 32.0 Å². The molecule has 0 aliphatic heterocycles. The van der Waals surface area contributed by atoms with E-state index in [1.807, 2.05) is 0 Å². The second-order valence-electron chi connectivity index (χ2n) is 5.07. The molecule has 2 amide bonds. The predicted molar refractivity (Wildman–Crippen MR) is 79.6 cm³/mol. The van der Waals surface area contributed by atoms with E-state index < -0.39 is 33.6 Å².